The van der Waals surface area contributed by atoms with Gasteiger partial charge in [0.2, 0.25) is 5.91 Å². The molecule has 1 saturated carbocycles. The van der Waals surface area contributed by atoms with Crippen LogP contribution in [-0.2, 0) is 9.59 Å². The molecule has 2 fully saturated rings. The smallest absolute Gasteiger partial charge is 0.250 e. The number of carbonyl (C=O) groups is 2. The molecule has 2 amide bonds. The van der Waals surface area contributed by atoms with E-state index in [1.807, 2.05) is 6.92 Å². The summed E-state index contributed by atoms with van der Waals surface area (Å²) in [5.74, 6) is 0.190. The molecule has 3 rings (SSSR count). The molecule has 1 aliphatic carbocycles. The van der Waals surface area contributed by atoms with Gasteiger partial charge < -0.3 is 5.32 Å². The second-order valence-corrected chi connectivity index (χ2v) is 6.84. The predicted octanol–water partition coefficient (Wildman–Crippen LogP) is 3.12. The van der Waals surface area contributed by atoms with Crippen LogP contribution in [-0.4, -0.2) is 23.9 Å². The molecule has 1 saturated heterocycles. The fourth-order valence-electron chi connectivity index (χ4n) is 2.81. The summed E-state index contributed by atoms with van der Waals surface area (Å²) in [5, 5.41) is 3.48. The number of hydrogen-bond acceptors (Lipinski definition) is 2. The van der Waals surface area contributed by atoms with Crippen molar-refractivity contribution in [1.29, 1.82) is 0 Å². The highest BCUT2D eigenvalue weighted by Crippen LogP contribution is 2.38. The average molecular weight is 372 g/mol. The highest BCUT2D eigenvalue weighted by molar-refractivity contribution is 9.10. The van der Waals surface area contributed by atoms with E-state index >= 15 is 0 Å². The van der Waals surface area contributed by atoms with Crippen molar-refractivity contribution in [3.8, 4) is 0 Å². The van der Waals surface area contributed by atoms with Gasteiger partial charge in [0.1, 0.15) is 12.1 Å². The number of benzene rings is 1. The SMILES string of the molecule is CCC1C(=O)NC(C2CC2)C(=O)N1c1ccc(Cl)cc1Br. The number of carbonyl (C=O) groups excluding carboxylic acids is 2. The first kappa shape index (κ1) is 14.9. The lowest BCUT2D eigenvalue weighted by molar-refractivity contribution is -0.134. The second-order valence-electron chi connectivity index (χ2n) is 5.55. The molecule has 1 aliphatic heterocycles. The third-order valence-electron chi connectivity index (χ3n) is 4.06. The van der Waals surface area contributed by atoms with E-state index in [1.165, 1.54) is 0 Å². The van der Waals surface area contributed by atoms with Crippen molar-refractivity contribution in [2.45, 2.75) is 38.3 Å². The third-order valence-corrected chi connectivity index (χ3v) is 4.94. The molecule has 0 spiro atoms. The third kappa shape index (κ3) is 2.69. The van der Waals surface area contributed by atoms with Gasteiger partial charge in [-0.2, -0.15) is 0 Å². The van der Waals surface area contributed by atoms with Crippen LogP contribution in [0.25, 0.3) is 0 Å². The molecule has 0 aromatic heterocycles. The van der Waals surface area contributed by atoms with Gasteiger partial charge in [0.15, 0.2) is 0 Å². The summed E-state index contributed by atoms with van der Waals surface area (Å²) in [5.41, 5.74) is 0.705. The molecule has 2 aliphatic rings. The molecule has 1 aromatic carbocycles. The first-order chi connectivity index (χ1) is 10.0. The van der Waals surface area contributed by atoms with E-state index < -0.39 is 6.04 Å². The van der Waals surface area contributed by atoms with Gasteiger partial charge in [-0.25, -0.2) is 0 Å². The number of amides is 2. The average Bonchev–Trinajstić information content (AvgIpc) is 3.26. The molecule has 112 valence electrons. The van der Waals surface area contributed by atoms with Gasteiger partial charge in [0, 0.05) is 9.50 Å². The van der Waals surface area contributed by atoms with Crippen molar-refractivity contribution in [2.24, 2.45) is 5.92 Å². The Morgan fingerprint density at radius 1 is 1.38 bits per heavy atom. The summed E-state index contributed by atoms with van der Waals surface area (Å²) >= 11 is 9.42. The minimum Gasteiger partial charge on any atom is -0.342 e. The Hall–Kier alpha value is -1.07. The molecule has 2 unspecified atom stereocenters. The molecule has 6 heteroatoms. The normalized spacial score (nSPS) is 26.0. The Bertz CT molecular complexity index is 603. The van der Waals surface area contributed by atoms with E-state index in [1.54, 1.807) is 23.1 Å². The van der Waals surface area contributed by atoms with Crippen molar-refractivity contribution in [1.82, 2.24) is 5.32 Å². The molecule has 1 N–H and O–H groups in total. The predicted molar refractivity (Wildman–Crippen MR) is 85.4 cm³/mol. The van der Waals surface area contributed by atoms with E-state index in [2.05, 4.69) is 21.2 Å². The first-order valence-corrected chi connectivity index (χ1v) is 8.28. The summed E-state index contributed by atoms with van der Waals surface area (Å²) in [7, 11) is 0. The summed E-state index contributed by atoms with van der Waals surface area (Å²) in [6.45, 7) is 1.91. The van der Waals surface area contributed by atoms with E-state index in [9.17, 15) is 9.59 Å². The van der Waals surface area contributed by atoms with Gasteiger partial charge in [-0.3, -0.25) is 14.5 Å². The number of halogens is 2. The lowest BCUT2D eigenvalue weighted by Crippen LogP contribution is -2.64. The Morgan fingerprint density at radius 3 is 2.67 bits per heavy atom. The maximum atomic E-state index is 12.8. The van der Waals surface area contributed by atoms with Gasteiger partial charge >= 0.3 is 0 Å². The number of nitrogens with zero attached hydrogens (tertiary/aromatic N) is 1. The summed E-state index contributed by atoms with van der Waals surface area (Å²) in [6.07, 6.45) is 2.58. The van der Waals surface area contributed by atoms with Crippen LogP contribution in [0, 0.1) is 5.92 Å². The Labute approximate surface area is 137 Å². The van der Waals surface area contributed by atoms with Crippen LogP contribution in [0.15, 0.2) is 22.7 Å². The highest BCUT2D eigenvalue weighted by Gasteiger charge is 2.47. The van der Waals surface area contributed by atoms with Crippen LogP contribution in [0.4, 0.5) is 5.69 Å². The summed E-state index contributed by atoms with van der Waals surface area (Å²) in [4.78, 5) is 26.8. The Morgan fingerprint density at radius 2 is 2.10 bits per heavy atom. The monoisotopic (exact) mass is 370 g/mol. The van der Waals surface area contributed by atoms with Crippen LogP contribution in [0.2, 0.25) is 5.02 Å². The largest absolute Gasteiger partial charge is 0.342 e. The second kappa shape index (κ2) is 5.61. The minimum atomic E-state index is -0.468. The van der Waals surface area contributed by atoms with Crippen molar-refractivity contribution in [2.75, 3.05) is 4.90 Å². The van der Waals surface area contributed by atoms with Gasteiger partial charge in [-0.15, -0.1) is 0 Å². The number of rotatable bonds is 3. The van der Waals surface area contributed by atoms with Crippen LogP contribution in [0.5, 0.6) is 0 Å². The number of hydrogen-bond donors (Lipinski definition) is 1. The molecule has 1 heterocycles. The maximum absolute atomic E-state index is 12.8. The fourth-order valence-corrected chi connectivity index (χ4v) is 3.69. The number of nitrogens with one attached hydrogen (secondary N) is 1. The number of anilines is 1. The molecule has 4 nitrogen and oxygen atoms in total. The standard InChI is InChI=1S/C15H16BrClN2O2/c1-2-11-14(20)18-13(8-3-4-8)15(21)19(11)12-6-5-9(17)7-10(12)16/h5-8,11,13H,2-4H2,1H3,(H,18,20). The lowest BCUT2D eigenvalue weighted by Gasteiger charge is -2.39. The van der Waals surface area contributed by atoms with Crippen LogP contribution in [0.3, 0.4) is 0 Å². The van der Waals surface area contributed by atoms with Crippen LogP contribution >= 0.6 is 27.5 Å². The molecule has 2 atom stereocenters. The van der Waals surface area contributed by atoms with Crippen molar-refractivity contribution in [3.05, 3.63) is 27.7 Å². The zero-order chi connectivity index (χ0) is 15.1. The molecule has 21 heavy (non-hydrogen) atoms. The first-order valence-electron chi connectivity index (χ1n) is 7.11. The van der Waals surface area contributed by atoms with Gasteiger partial charge in [0.05, 0.1) is 5.69 Å². The van der Waals surface area contributed by atoms with Crippen molar-refractivity contribution < 1.29 is 9.59 Å². The van der Waals surface area contributed by atoms with Gasteiger partial charge in [0.25, 0.3) is 5.91 Å². The maximum Gasteiger partial charge on any atom is 0.250 e. The zero-order valence-corrected chi connectivity index (χ0v) is 13.9. The topological polar surface area (TPSA) is 49.4 Å². The van der Waals surface area contributed by atoms with E-state index in [0.717, 1.165) is 17.3 Å². The Kier molecular flexibility index (Phi) is 3.97. The molecule has 0 bridgehead atoms. The van der Waals surface area contributed by atoms with Crippen LogP contribution < -0.4 is 10.2 Å². The van der Waals surface area contributed by atoms with Crippen molar-refractivity contribution >= 4 is 45.0 Å². The molecular weight excluding hydrogens is 356 g/mol. The quantitative estimate of drug-likeness (QED) is 0.887. The van der Waals surface area contributed by atoms with E-state index in [4.69, 9.17) is 11.6 Å². The number of piperazine rings is 1. The van der Waals surface area contributed by atoms with E-state index in [0.29, 0.717) is 17.1 Å². The fraction of sp³-hybridized carbons (Fsp3) is 0.467. The Balaban J connectivity index is 2.01. The van der Waals surface area contributed by atoms with Crippen molar-refractivity contribution in [3.63, 3.8) is 0 Å². The van der Waals surface area contributed by atoms with E-state index in [-0.39, 0.29) is 23.8 Å². The molecule has 0 radical (unpaired) electrons. The summed E-state index contributed by atoms with van der Waals surface area (Å²) in [6, 6.07) is 4.42. The zero-order valence-electron chi connectivity index (χ0n) is 11.6. The van der Waals surface area contributed by atoms with Gasteiger partial charge in [-0.1, -0.05) is 18.5 Å². The van der Waals surface area contributed by atoms with Crippen LogP contribution in [0.1, 0.15) is 26.2 Å². The lowest BCUT2D eigenvalue weighted by atomic mass is 10.0. The summed E-state index contributed by atoms with van der Waals surface area (Å²) < 4.78 is 0.728. The molecule has 1 aromatic rings. The highest BCUT2D eigenvalue weighted by atomic mass is 79.9. The molecular formula is C15H16BrClN2O2. The van der Waals surface area contributed by atoms with Gasteiger partial charge in [-0.05, 0) is 59.3 Å². The minimum absolute atomic E-state index is 0.0213.